The molecule has 0 bridgehead atoms. The summed E-state index contributed by atoms with van der Waals surface area (Å²) in [5.74, 6) is 0.396. The predicted octanol–water partition coefficient (Wildman–Crippen LogP) is 4.85. The first kappa shape index (κ1) is 21.9. The van der Waals surface area contributed by atoms with Crippen LogP contribution in [0, 0.1) is 18.6 Å². The lowest BCUT2D eigenvalue weighted by atomic mass is 10.2. The van der Waals surface area contributed by atoms with Gasteiger partial charge in [0.1, 0.15) is 17.3 Å². The van der Waals surface area contributed by atoms with Gasteiger partial charge in [0, 0.05) is 0 Å². The zero-order valence-corrected chi connectivity index (χ0v) is 19.0. The molecule has 5 aromatic rings. The summed E-state index contributed by atoms with van der Waals surface area (Å²) >= 11 is 1.35. The fourth-order valence-corrected chi connectivity index (χ4v) is 4.39. The van der Waals surface area contributed by atoms with Gasteiger partial charge in [-0.2, -0.15) is 4.68 Å². The normalized spacial score (nSPS) is 11.1. The van der Waals surface area contributed by atoms with Gasteiger partial charge in [0.05, 0.1) is 17.9 Å². The van der Waals surface area contributed by atoms with Crippen LogP contribution in [0.15, 0.2) is 78.0 Å². The molecule has 0 unspecified atom stereocenters. The van der Waals surface area contributed by atoms with E-state index in [1.807, 2.05) is 41.8 Å². The van der Waals surface area contributed by atoms with Crippen LogP contribution in [0.1, 0.15) is 17.0 Å². The molecule has 0 spiro atoms. The molecule has 34 heavy (non-hydrogen) atoms. The lowest BCUT2D eigenvalue weighted by Crippen LogP contribution is -2.07. The quantitative estimate of drug-likeness (QED) is 0.314. The summed E-state index contributed by atoms with van der Waals surface area (Å²) in [6.45, 7) is 2.33. The topological polar surface area (TPSA) is 74.3 Å². The van der Waals surface area contributed by atoms with Gasteiger partial charge in [-0.05, 0) is 52.7 Å². The van der Waals surface area contributed by atoms with Crippen molar-refractivity contribution in [1.82, 2.24) is 35.0 Å². The zero-order chi connectivity index (χ0) is 23.5. The maximum atomic E-state index is 14.6. The van der Waals surface area contributed by atoms with Crippen molar-refractivity contribution in [2.75, 3.05) is 0 Å². The van der Waals surface area contributed by atoms with Gasteiger partial charge in [-0.15, -0.1) is 15.3 Å². The van der Waals surface area contributed by atoms with Crippen LogP contribution in [0.3, 0.4) is 0 Å². The van der Waals surface area contributed by atoms with Crippen molar-refractivity contribution >= 4 is 11.8 Å². The molecule has 0 aliphatic carbocycles. The second-order valence-electron chi connectivity index (χ2n) is 7.61. The molecule has 0 amide bonds. The smallest absolute Gasteiger partial charge is 0.192 e. The van der Waals surface area contributed by atoms with E-state index in [-0.39, 0.29) is 11.5 Å². The van der Waals surface area contributed by atoms with E-state index in [9.17, 15) is 8.78 Å². The van der Waals surface area contributed by atoms with E-state index in [0.29, 0.717) is 34.7 Å². The maximum Gasteiger partial charge on any atom is 0.192 e. The zero-order valence-electron chi connectivity index (χ0n) is 18.1. The second kappa shape index (κ2) is 9.52. The molecule has 0 aliphatic heterocycles. The molecule has 10 heteroatoms. The fraction of sp³-hybridized carbons (Fsp3) is 0.125. The number of aromatic nitrogens is 7. The SMILES string of the molecule is Cc1ccc(F)c(-n2nnnc2CSc2nnc(-c3ccccc3F)n2Cc2ccccc2)c1. The molecule has 3 aromatic carbocycles. The minimum absolute atomic E-state index is 0.276. The van der Waals surface area contributed by atoms with Crippen LogP contribution in [-0.4, -0.2) is 35.0 Å². The summed E-state index contributed by atoms with van der Waals surface area (Å²) in [4.78, 5) is 0. The standard InChI is InChI=1S/C24H19F2N7S/c1-16-11-12-20(26)21(13-16)33-22(27-30-31-33)15-34-24-29-28-23(18-9-5-6-10-19(18)25)32(24)14-17-7-3-2-4-8-17/h2-13H,14-15H2,1H3. The number of thioether (sulfide) groups is 1. The highest BCUT2D eigenvalue weighted by molar-refractivity contribution is 7.98. The van der Waals surface area contributed by atoms with Gasteiger partial charge < -0.3 is 0 Å². The van der Waals surface area contributed by atoms with Gasteiger partial charge in [-0.3, -0.25) is 4.57 Å². The van der Waals surface area contributed by atoms with Crippen LogP contribution >= 0.6 is 11.8 Å². The molecular weight excluding hydrogens is 456 g/mol. The van der Waals surface area contributed by atoms with Crippen molar-refractivity contribution in [1.29, 1.82) is 0 Å². The van der Waals surface area contributed by atoms with Crippen LogP contribution in [-0.2, 0) is 12.3 Å². The van der Waals surface area contributed by atoms with E-state index in [1.54, 1.807) is 30.3 Å². The first-order valence-corrected chi connectivity index (χ1v) is 11.5. The third-order valence-corrected chi connectivity index (χ3v) is 6.17. The third kappa shape index (κ3) is 4.44. The molecule has 0 N–H and O–H groups in total. The van der Waals surface area contributed by atoms with Crippen LogP contribution in [0.25, 0.3) is 17.1 Å². The van der Waals surface area contributed by atoms with Gasteiger partial charge in [0.25, 0.3) is 0 Å². The largest absolute Gasteiger partial charge is 0.297 e. The average Bonchev–Trinajstić information content (AvgIpc) is 3.47. The van der Waals surface area contributed by atoms with Crippen molar-refractivity contribution < 1.29 is 8.78 Å². The summed E-state index contributed by atoms with van der Waals surface area (Å²) in [6, 6.07) is 21.0. The maximum absolute atomic E-state index is 14.6. The highest BCUT2D eigenvalue weighted by Crippen LogP contribution is 2.29. The van der Waals surface area contributed by atoms with Crippen LogP contribution < -0.4 is 0 Å². The Bertz CT molecular complexity index is 1430. The number of aryl methyl sites for hydroxylation is 1. The van der Waals surface area contributed by atoms with Crippen LogP contribution in [0.5, 0.6) is 0 Å². The van der Waals surface area contributed by atoms with E-state index in [2.05, 4.69) is 25.7 Å². The Morgan fingerprint density at radius 2 is 1.65 bits per heavy atom. The fourth-order valence-electron chi connectivity index (χ4n) is 3.54. The van der Waals surface area contributed by atoms with E-state index >= 15 is 0 Å². The molecule has 0 radical (unpaired) electrons. The van der Waals surface area contributed by atoms with Crippen molar-refractivity contribution in [3.8, 4) is 17.1 Å². The lowest BCUT2D eigenvalue weighted by Gasteiger charge is -2.11. The molecule has 5 rings (SSSR count). The Hall–Kier alpha value is -3.92. The molecular formula is C24H19F2N7S. The van der Waals surface area contributed by atoms with E-state index < -0.39 is 5.82 Å². The molecule has 0 saturated carbocycles. The van der Waals surface area contributed by atoms with Gasteiger partial charge in [0.2, 0.25) is 0 Å². The molecule has 7 nitrogen and oxygen atoms in total. The monoisotopic (exact) mass is 475 g/mol. The van der Waals surface area contributed by atoms with E-state index in [0.717, 1.165) is 11.1 Å². The molecule has 2 aromatic heterocycles. The van der Waals surface area contributed by atoms with E-state index in [1.165, 1.54) is 28.6 Å². The van der Waals surface area contributed by atoms with Crippen molar-refractivity contribution in [2.24, 2.45) is 0 Å². The Balaban J connectivity index is 1.48. The van der Waals surface area contributed by atoms with Crippen LogP contribution in [0.4, 0.5) is 8.78 Å². The summed E-state index contributed by atoms with van der Waals surface area (Å²) in [6.07, 6.45) is 0. The number of hydrogen-bond donors (Lipinski definition) is 0. The molecule has 0 atom stereocenters. The Morgan fingerprint density at radius 3 is 2.47 bits per heavy atom. The Kier molecular flexibility index (Phi) is 6.13. The van der Waals surface area contributed by atoms with E-state index in [4.69, 9.17) is 0 Å². The summed E-state index contributed by atoms with van der Waals surface area (Å²) in [5.41, 5.74) is 2.55. The number of halogens is 2. The molecule has 0 saturated heterocycles. The number of nitrogens with zero attached hydrogens (tertiary/aromatic N) is 7. The van der Waals surface area contributed by atoms with Crippen LogP contribution in [0.2, 0.25) is 0 Å². The highest BCUT2D eigenvalue weighted by atomic mass is 32.2. The molecule has 0 aliphatic rings. The number of tetrazole rings is 1. The lowest BCUT2D eigenvalue weighted by molar-refractivity contribution is 0.603. The van der Waals surface area contributed by atoms with Crippen molar-refractivity contribution in [3.05, 3.63) is 101 Å². The Labute approximate surface area is 198 Å². The minimum Gasteiger partial charge on any atom is -0.297 e. The van der Waals surface area contributed by atoms with Gasteiger partial charge >= 0.3 is 0 Å². The molecule has 0 fully saturated rings. The second-order valence-corrected chi connectivity index (χ2v) is 8.55. The van der Waals surface area contributed by atoms with Crippen molar-refractivity contribution in [2.45, 2.75) is 24.4 Å². The number of benzene rings is 3. The van der Waals surface area contributed by atoms with Gasteiger partial charge in [-0.1, -0.05) is 60.3 Å². The highest BCUT2D eigenvalue weighted by Gasteiger charge is 2.19. The minimum atomic E-state index is -0.418. The first-order chi connectivity index (χ1) is 16.6. The summed E-state index contributed by atoms with van der Waals surface area (Å²) in [5, 5.41) is 20.9. The first-order valence-electron chi connectivity index (χ1n) is 10.5. The summed E-state index contributed by atoms with van der Waals surface area (Å²) < 4.78 is 32.2. The number of hydrogen-bond acceptors (Lipinski definition) is 6. The number of rotatable bonds is 7. The van der Waals surface area contributed by atoms with Crippen molar-refractivity contribution in [3.63, 3.8) is 0 Å². The third-order valence-electron chi connectivity index (χ3n) is 5.21. The molecule has 170 valence electrons. The predicted molar refractivity (Wildman–Crippen MR) is 124 cm³/mol. The van der Waals surface area contributed by atoms with Gasteiger partial charge in [0.15, 0.2) is 16.8 Å². The molecule has 2 heterocycles. The summed E-state index contributed by atoms with van der Waals surface area (Å²) in [7, 11) is 0. The average molecular weight is 476 g/mol. The Morgan fingerprint density at radius 1 is 0.853 bits per heavy atom. The van der Waals surface area contributed by atoms with Gasteiger partial charge in [-0.25, -0.2) is 8.78 Å².